The number of rotatable bonds is 9. The lowest BCUT2D eigenvalue weighted by molar-refractivity contribution is 1.18. The Morgan fingerprint density at radius 3 is 1.13 bits per heavy atom. The predicted molar refractivity (Wildman–Crippen MR) is 289 cm³/mol. The Balaban J connectivity index is 0.927. The molecule has 324 valence electrons. The van der Waals surface area contributed by atoms with Gasteiger partial charge in [-0.15, -0.1) is 0 Å². The summed E-state index contributed by atoms with van der Waals surface area (Å²) in [6, 6.07) is 93.8. The maximum absolute atomic E-state index is 5.19. The summed E-state index contributed by atoms with van der Waals surface area (Å²) >= 11 is 0. The molecule has 0 radical (unpaired) electrons. The number of aromatic nitrogens is 3. The van der Waals surface area contributed by atoms with Gasteiger partial charge in [-0.05, 0) is 149 Å². The van der Waals surface area contributed by atoms with Gasteiger partial charge < -0.3 is 14.0 Å². The van der Waals surface area contributed by atoms with Crippen LogP contribution in [0.4, 0.5) is 17.1 Å². The van der Waals surface area contributed by atoms with E-state index in [-0.39, 0.29) is 0 Å². The summed E-state index contributed by atoms with van der Waals surface area (Å²) in [5.41, 5.74) is 19.1. The zero-order valence-corrected chi connectivity index (χ0v) is 37.7. The fourth-order valence-electron chi connectivity index (χ4n) is 10.3. The molecule has 13 aromatic rings. The lowest BCUT2D eigenvalue weighted by Gasteiger charge is -2.25. The van der Waals surface area contributed by atoms with Crippen LogP contribution in [0.25, 0.3) is 99.6 Å². The van der Waals surface area contributed by atoms with Crippen molar-refractivity contribution < 1.29 is 0 Å². The molecule has 0 fully saturated rings. The van der Waals surface area contributed by atoms with Crippen LogP contribution in [0, 0.1) is 0 Å². The number of fused-ring (bicyclic) bond motifs is 6. The van der Waals surface area contributed by atoms with Crippen molar-refractivity contribution in [2.45, 2.75) is 0 Å². The maximum atomic E-state index is 5.19. The molecule has 69 heavy (non-hydrogen) atoms. The number of benzene rings is 10. The molecule has 13 rings (SSSR count). The first-order valence-corrected chi connectivity index (χ1v) is 23.5. The van der Waals surface area contributed by atoms with Gasteiger partial charge in [0.15, 0.2) is 0 Å². The average Bonchev–Trinajstić information content (AvgIpc) is 3.94. The normalized spacial score (nSPS) is 11.5. The second-order valence-electron chi connectivity index (χ2n) is 17.6. The summed E-state index contributed by atoms with van der Waals surface area (Å²) in [4.78, 5) is 7.47. The molecule has 3 heterocycles. The van der Waals surface area contributed by atoms with E-state index in [0.29, 0.717) is 0 Å². The van der Waals surface area contributed by atoms with Crippen LogP contribution in [0.1, 0.15) is 0 Å². The topological polar surface area (TPSA) is 26.0 Å². The van der Waals surface area contributed by atoms with Crippen LogP contribution >= 0.6 is 0 Å². The Kier molecular flexibility index (Phi) is 9.80. The highest BCUT2D eigenvalue weighted by molar-refractivity contribution is 6.12. The van der Waals surface area contributed by atoms with Crippen LogP contribution in [0.2, 0.25) is 0 Å². The average molecular weight is 881 g/mol. The van der Waals surface area contributed by atoms with Gasteiger partial charge in [0.2, 0.25) is 0 Å². The van der Waals surface area contributed by atoms with Crippen LogP contribution in [0.5, 0.6) is 0 Å². The smallest absolute Gasteiger partial charge is 0.0702 e. The monoisotopic (exact) mass is 880 g/mol. The van der Waals surface area contributed by atoms with Gasteiger partial charge in [0.05, 0.1) is 27.8 Å². The second kappa shape index (κ2) is 16.9. The second-order valence-corrected chi connectivity index (χ2v) is 17.6. The Morgan fingerprint density at radius 2 is 0.652 bits per heavy atom. The molecule has 0 saturated heterocycles. The Hall–Kier alpha value is -9.25. The number of hydrogen-bond donors (Lipinski definition) is 0. The molecule has 0 atom stereocenters. The fraction of sp³-hybridized carbons (Fsp3) is 0. The minimum Gasteiger partial charge on any atom is -0.311 e. The number of nitrogens with zero attached hydrogens (tertiary/aromatic N) is 4. The van der Waals surface area contributed by atoms with E-state index in [0.717, 1.165) is 73.1 Å². The van der Waals surface area contributed by atoms with Crippen LogP contribution < -0.4 is 4.90 Å². The number of hydrogen-bond acceptors (Lipinski definition) is 2. The van der Waals surface area contributed by atoms with E-state index in [1.54, 1.807) is 0 Å². The molecule has 0 unspecified atom stereocenters. The minimum atomic E-state index is 0.918. The summed E-state index contributed by atoms with van der Waals surface area (Å²) in [5, 5.41) is 4.90. The third kappa shape index (κ3) is 7.14. The number of anilines is 3. The molecule has 4 heteroatoms. The van der Waals surface area contributed by atoms with Crippen LogP contribution in [-0.2, 0) is 0 Å². The van der Waals surface area contributed by atoms with Crippen LogP contribution in [-0.4, -0.2) is 14.1 Å². The Bertz CT molecular complexity index is 3750. The SMILES string of the molecule is c1ccc(N(c2ccccc2)c2ccc(-c3ccc(-c4cc(-c5ccc6c(c5)c5ccccc5n6-c5ccccc5)cc(-c5ccc6c(c5)c5ccccc5n6-c5ccccc5)c4)nc3)cc2)cc1. The maximum Gasteiger partial charge on any atom is 0.0702 e. The van der Waals surface area contributed by atoms with E-state index in [2.05, 4.69) is 275 Å². The highest BCUT2D eigenvalue weighted by Gasteiger charge is 2.18. The third-order valence-corrected chi connectivity index (χ3v) is 13.5. The van der Waals surface area contributed by atoms with Crippen molar-refractivity contribution in [2.24, 2.45) is 0 Å². The number of pyridine rings is 1. The molecule has 0 saturated carbocycles. The lowest BCUT2D eigenvalue weighted by Crippen LogP contribution is -2.09. The minimum absolute atomic E-state index is 0.918. The van der Waals surface area contributed by atoms with E-state index in [1.807, 2.05) is 6.20 Å². The van der Waals surface area contributed by atoms with Crippen molar-refractivity contribution in [1.82, 2.24) is 14.1 Å². The van der Waals surface area contributed by atoms with E-state index in [1.165, 1.54) is 43.6 Å². The highest BCUT2D eigenvalue weighted by Crippen LogP contribution is 2.41. The molecule has 0 spiro atoms. The summed E-state index contributed by atoms with van der Waals surface area (Å²) in [5.74, 6) is 0. The quantitative estimate of drug-likeness (QED) is 0.144. The van der Waals surface area contributed by atoms with Crippen molar-refractivity contribution in [3.8, 4) is 56.0 Å². The summed E-state index contributed by atoms with van der Waals surface area (Å²) in [6.07, 6.45) is 2.01. The molecule has 0 amide bonds. The van der Waals surface area contributed by atoms with Gasteiger partial charge in [0.25, 0.3) is 0 Å². The van der Waals surface area contributed by atoms with E-state index in [9.17, 15) is 0 Å². The van der Waals surface area contributed by atoms with Crippen LogP contribution in [0.15, 0.2) is 267 Å². The zero-order valence-electron chi connectivity index (χ0n) is 37.7. The summed E-state index contributed by atoms with van der Waals surface area (Å²) in [7, 11) is 0. The van der Waals surface area contributed by atoms with Crippen molar-refractivity contribution in [3.63, 3.8) is 0 Å². The molecule has 0 N–H and O–H groups in total. The van der Waals surface area contributed by atoms with Gasteiger partial charge in [-0.1, -0.05) is 140 Å². The van der Waals surface area contributed by atoms with Crippen molar-refractivity contribution >= 4 is 60.7 Å². The first-order valence-electron chi connectivity index (χ1n) is 23.5. The van der Waals surface area contributed by atoms with Crippen molar-refractivity contribution in [2.75, 3.05) is 4.90 Å². The van der Waals surface area contributed by atoms with Gasteiger partial charge >= 0.3 is 0 Å². The van der Waals surface area contributed by atoms with Gasteiger partial charge in [-0.25, -0.2) is 0 Å². The largest absolute Gasteiger partial charge is 0.311 e. The van der Waals surface area contributed by atoms with Crippen molar-refractivity contribution in [1.29, 1.82) is 0 Å². The lowest BCUT2D eigenvalue weighted by atomic mass is 9.93. The summed E-state index contributed by atoms with van der Waals surface area (Å²) < 4.78 is 4.75. The standard InChI is InChI=1S/C65H44N4/c1-5-17-52(18-6-1)67(53-19-7-2-8-20-53)56-34-29-45(30-35-56)48-31-36-61(66-44-48)51-40-49(46-32-37-64-59(42-46)57-25-13-15-27-62(57)68(64)54-21-9-3-10-22-54)39-50(41-51)47-33-38-65-60(43-47)58-26-14-16-28-63(58)69(65)55-23-11-4-12-24-55/h1-44H. The molecule has 10 aromatic carbocycles. The van der Waals surface area contributed by atoms with E-state index >= 15 is 0 Å². The van der Waals surface area contributed by atoms with Gasteiger partial charge in [-0.2, -0.15) is 0 Å². The third-order valence-electron chi connectivity index (χ3n) is 13.5. The molecule has 4 nitrogen and oxygen atoms in total. The van der Waals surface area contributed by atoms with Gasteiger partial charge in [0.1, 0.15) is 0 Å². The Morgan fingerprint density at radius 1 is 0.261 bits per heavy atom. The fourth-order valence-corrected chi connectivity index (χ4v) is 10.3. The molecule has 0 bridgehead atoms. The van der Waals surface area contributed by atoms with E-state index < -0.39 is 0 Å². The van der Waals surface area contributed by atoms with Gasteiger partial charge in [0, 0.05) is 67.3 Å². The molecule has 3 aromatic heterocycles. The molecule has 0 aliphatic rings. The predicted octanol–water partition coefficient (Wildman–Crippen LogP) is 17.4. The Labute approximate surface area is 400 Å². The highest BCUT2D eigenvalue weighted by atomic mass is 15.1. The summed E-state index contributed by atoms with van der Waals surface area (Å²) in [6.45, 7) is 0. The van der Waals surface area contributed by atoms with Crippen LogP contribution in [0.3, 0.4) is 0 Å². The first kappa shape index (κ1) is 40.1. The molecular weight excluding hydrogens is 837 g/mol. The zero-order chi connectivity index (χ0) is 45.7. The van der Waals surface area contributed by atoms with E-state index in [4.69, 9.17) is 4.98 Å². The molecule has 0 aliphatic carbocycles. The number of para-hydroxylation sites is 6. The molecular formula is C65H44N4. The van der Waals surface area contributed by atoms with Crippen molar-refractivity contribution in [3.05, 3.63) is 267 Å². The van der Waals surface area contributed by atoms with Gasteiger partial charge in [-0.3, -0.25) is 4.98 Å². The first-order chi connectivity index (χ1) is 34.2. The molecule has 0 aliphatic heterocycles.